The lowest BCUT2D eigenvalue weighted by Crippen LogP contribution is -2.39. The molecule has 0 aliphatic heterocycles. The molecule has 0 atom stereocenters. The van der Waals surface area contributed by atoms with E-state index in [4.69, 9.17) is 9.47 Å². The van der Waals surface area contributed by atoms with Gasteiger partial charge in [-0.1, -0.05) is 24.3 Å². The van der Waals surface area contributed by atoms with Gasteiger partial charge in [0.15, 0.2) is 11.5 Å². The molecule has 0 saturated heterocycles. The van der Waals surface area contributed by atoms with E-state index in [1.54, 1.807) is 36.4 Å². The van der Waals surface area contributed by atoms with Crippen molar-refractivity contribution in [2.75, 3.05) is 25.1 Å². The van der Waals surface area contributed by atoms with Crippen molar-refractivity contribution < 1.29 is 32.2 Å². The number of hydrogen-bond acceptors (Lipinski definition) is 8. The molecule has 0 unspecified atom stereocenters. The van der Waals surface area contributed by atoms with Crippen LogP contribution < -0.4 is 19.2 Å². The summed E-state index contributed by atoms with van der Waals surface area (Å²) in [6, 6.07) is 17.8. The molecule has 3 rings (SSSR count). The molecule has 1 amide bonds. The molecule has 0 bridgehead atoms. The zero-order chi connectivity index (χ0) is 27.0. The van der Waals surface area contributed by atoms with E-state index < -0.39 is 28.6 Å². The van der Waals surface area contributed by atoms with Gasteiger partial charge in [0.05, 0.1) is 31.0 Å². The van der Waals surface area contributed by atoms with Crippen molar-refractivity contribution in [3.05, 3.63) is 83.4 Å². The minimum Gasteiger partial charge on any atom is -0.493 e. The lowest BCUT2D eigenvalue weighted by atomic mass is 10.1. The molecular weight excluding hydrogens is 498 g/mol. The molecule has 0 saturated carbocycles. The summed E-state index contributed by atoms with van der Waals surface area (Å²) in [5.41, 5.74) is 4.96. The smallest absolute Gasteiger partial charge is 0.493 e. The third kappa shape index (κ3) is 7.07. The van der Waals surface area contributed by atoms with Gasteiger partial charge in [0.1, 0.15) is 6.54 Å². The van der Waals surface area contributed by atoms with Gasteiger partial charge >= 0.3 is 6.16 Å². The minimum absolute atomic E-state index is 0.0619. The molecule has 3 aromatic rings. The number of nitrogens with one attached hydrogen (secondary N) is 1. The number of carbonyl (C=O) groups excluding carboxylic acids is 2. The summed E-state index contributed by atoms with van der Waals surface area (Å²) in [5.74, 6) is -0.256. The maximum absolute atomic E-state index is 13.4. The molecule has 194 valence electrons. The zero-order valence-corrected chi connectivity index (χ0v) is 21.6. The van der Waals surface area contributed by atoms with Gasteiger partial charge in [0, 0.05) is 0 Å². The van der Waals surface area contributed by atoms with E-state index in [2.05, 4.69) is 15.3 Å². The molecule has 0 heterocycles. The van der Waals surface area contributed by atoms with Crippen molar-refractivity contribution in [1.29, 1.82) is 0 Å². The summed E-state index contributed by atoms with van der Waals surface area (Å²) in [7, 11) is -1.45. The van der Waals surface area contributed by atoms with Crippen LogP contribution >= 0.6 is 0 Å². The molecule has 37 heavy (non-hydrogen) atoms. The summed E-state index contributed by atoms with van der Waals surface area (Å²) in [4.78, 5) is 24.2. The highest BCUT2D eigenvalue weighted by Crippen LogP contribution is 2.28. The molecule has 3 aromatic carbocycles. The molecule has 10 nitrogen and oxygen atoms in total. The Labute approximate surface area is 215 Å². The van der Waals surface area contributed by atoms with Crippen LogP contribution in [0, 0.1) is 13.8 Å². The Morgan fingerprint density at radius 2 is 1.62 bits per heavy atom. The van der Waals surface area contributed by atoms with E-state index in [1.807, 2.05) is 19.9 Å². The van der Waals surface area contributed by atoms with Crippen LogP contribution in [0.1, 0.15) is 16.7 Å². The Morgan fingerprint density at radius 3 is 2.24 bits per heavy atom. The number of methoxy groups -OCH3 is 2. The van der Waals surface area contributed by atoms with Crippen LogP contribution in [-0.2, 0) is 19.6 Å². The van der Waals surface area contributed by atoms with Crippen molar-refractivity contribution >= 4 is 34.0 Å². The first kappa shape index (κ1) is 27.2. The average molecular weight is 526 g/mol. The van der Waals surface area contributed by atoms with Gasteiger partial charge < -0.3 is 14.2 Å². The first-order valence-corrected chi connectivity index (χ1v) is 12.5. The Morgan fingerprint density at radius 1 is 0.946 bits per heavy atom. The number of nitrogens with zero attached hydrogens (tertiary/aromatic N) is 2. The first-order chi connectivity index (χ1) is 17.6. The van der Waals surface area contributed by atoms with Crippen LogP contribution in [0.3, 0.4) is 0 Å². The number of hydrazone groups is 1. The molecule has 0 aliphatic carbocycles. The third-order valence-electron chi connectivity index (χ3n) is 5.06. The number of hydrogen-bond donors (Lipinski definition) is 1. The summed E-state index contributed by atoms with van der Waals surface area (Å²) in [6.07, 6.45) is 0.445. The molecule has 1 N–H and O–H groups in total. The number of amides is 1. The maximum atomic E-state index is 13.4. The van der Waals surface area contributed by atoms with Gasteiger partial charge in [-0.2, -0.15) is 5.10 Å². The number of aryl methyl sites for hydroxylation is 2. The van der Waals surface area contributed by atoms with Crippen LogP contribution in [0.4, 0.5) is 10.5 Å². The topological polar surface area (TPSA) is 124 Å². The summed E-state index contributed by atoms with van der Waals surface area (Å²) >= 11 is 0. The molecule has 0 aliphatic rings. The summed E-state index contributed by atoms with van der Waals surface area (Å²) < 4.78 is 42.6. The van der Waals surface area contributed by atoms with E-state index in [9.17, 15) is 18.0 Å². The Balaban J connectivity index is 1.80. The number of ether oxygens (including phenoxy) is 3. The van der Waals surface area contributed by atoms with Crippen molar-refractivity contribution in [1.82, 2.24) is 5.43 Å². The van der Waals surface area contributed by atoms with Crippen molar-refractivity contribution in [2.45, 2.75) is 18.7 Å². The van der Waals surface area contributed by atoms with Gasteiger partial charge in [0.25, 0.3) is 15.9 Å². The second-order valence-electron chi connectivity index (χ2n) is 7.93. The predicted octanol–water partition coefficient (Wildman–Crippen LogP) is 3.80. The highest BCUT2D eigenvalue weighted by Gasteiger charge is 2.27. The number of benzene rings is 3. The number of carbonyl (C=O) groups is 2. The van der Waals surface area contributed by atoms with E-state index >= 15 is 0 Å². The Kier molecular flexibility index (Phi) is 8.86. The highest BCUT2D eigenvalue weighted by molar-refractivity contribution is 7.92. The standard InChI is InChI=1S/C26H27N3O7S/c1-18-12-19(2)14-21(13-18)29(37(32,33)22-8-6-5-7-9-22)17-25(30)28-27-16-20-10-11-23(24(15-20)34-3)36-26(31)35-4/h5-16H,17H2,1-4H3,(H,28,30)/b27-16-. The second kappa shape index (κ2) is 12.0. The summed E-state index contributed by atoms with van der Waals surface area (Å²) in [5, 5.41) is 3.93. The van der Waals surface area contributed by atoms with Gasteiger partial charge in [0.2, 0.25) is 0 Å². The van der Waals surface area contributed by atoms with Gasteiger partial charge in [-0.05, 0) is 73.0 Å². The molecule has 11 heteroatoms. The van der Waals surface area contributed by atoms with Crippen molar-refractivity contribution in [2.24, 2.45) is 5.10 Å². The molecule has 0 radical (unpaired) electrons. The van der Waals surface area contributed by atoms with Gasteiger partial charge in [-0.3, -0.25) is 9.10 Å². The summed E-state index contributed by atoms with van der Waals surface area (Å²) in [6.45, 7) is 3.21. The third-order valence-corrected chi connectivity index (χ3v) is 6.85. The minimum atomic E-state index is -4.03. The van der Waals surface area contributed by atoms with E-state index in [1.165, 1.54) is 44.7 Å². The van der Waals surface area contributed by atoms with Gasteiger partial charge in [-0.25, -0.2) is 18.6 Å². The Hall–Kier alpha value is -4.38. The first-order valence-electron chi connectivity index (χ1n) is 11.1. The molecule has 0 spiro atoms. The lowest BCUT2D eigenvalue weighted by molar-refractivity contribution is -0.119. The van der Waals surface area contributed by atoms with Crippen LogP contribution in [0.5, 0.6) is 11.5 Å². The fraction of sp³-hybridized carbons (Fsp3) is 0.192. The predicted molar refractivity (Wildman–Crippen MR) is 139 cm³/mol. The average Bonchev–Trinajstić information content (AvgIpc) is 2.87. The van der Waals surface area contributed by atoms with Gasteiger partial charge in [-0.15, -0.1) is 0 Å². The molecule has 0 aromatic heterocycles. The highest BCUT2D eigenvalue weighted by atomic mass is 32.2. The van der Waals surface area contributed by atoms with E-state index in [0.717, 1.165) is 15.4 Å². The molecule has 0 fully saturated rings. The molecular formula is C26H27N3O7S. The zero-order valence-electron chi connectivity index (χ0n) is 20.8. The van der Waals surface area contributed by atoms with Crippen LogP contribution in [0.25, 0.3) is 0 Å². The monoisotopic (exact) mass is 525 g/mol. The van der Waals surface area contributed by atoms with Crippen molar-refractivity contribution in [3.8, 4) is 11.5 Å². The lowest BCUT2D eigenvalue weighted by Gasteiger charge is -2.24. The SMILES string of the molecule is COC(=O)Oc1ccc(/C=N\NC(=O)CN(c2cc(C)cc(C)c2)S(=O)(=O)c2ccccc2)cc1OC. The second-order valence-corrected chi connectivity index (χ2v) is 9.79. The van der Waals surface area contributed by atoms with E-state index in [0.29, 0.717) is 11.3 Å². The fourth-order valence-corrected chi connectivity index (χ4v) is 4.88. The fourth-order valence-electron chi connectivity index (χ4n) is 3.45. The number of anilines is 1. The largest absolute Gasteiger partial charge is 0.513 e. The van der Waals surface area contributed by atoms with Crippen molar-refractivity contribution in [3.63, 3.8) is 0 Å². The number of rotatable bonds is 9. The van der Waals surface area contributed by atoms with Crippen LogP contribution in [0.15, 0.2) is 76.7 Å². The van der Waals surface area contributed by atoms with Crippen LogP contribution in [0.2, 0.25) is 0 Å². The van der Waals surface area contributed by atoms with E-state index in [-0.39, 0.29) is 16.4 Å². The number of sulfonamides is 1. The normalized spacial score (nSPS) is 11.1. The Bertz CT molecular complexity index is 1390. The van der Waals surface area contributed by atoms with Crippen LogP contribution in [-0.4, -0.2) is 47.5 Å². The maximum Gasteiger partial charge on any atom is 0.513 e. The quantitative estimate of drug-likeness (QED) is 0.195.